The fourth-order valence-electron chi connectivity index (χ4n) is 1.97. The van der Waals surface area contributed by atoms with Crippen LogP contribution in [0.3, 0.4) is 0 Å². The number of aliphatic hydroxyl groups is 1. The van der Waals surface area contributed by atoms with Crippen LogP contribution in [0.25, 0.3) is 0 Å². The molecule has 0 aromatic heterocycles. The van der Waals surface area contributed by atoms with Gasteiger partial charge in [0.05, 0.1) is 13.0 Å². The van der Waals surface area contributed by atoms with Crippen molar-refractivity contribution >= 4 is 17.6 Å². The van der Waals surface area contributed by atoms with E-state index in [0.29, 0.717) is 0 Å². The van der Waals surface area contributed by atoms with Crippen LogP contribution in [0.4, 0.5) is 18.9 Å². The summed E-state index contributed by atoms with van der Waals surface area (Å²) in [6, 6.07) is 3.03. The lowest BCUT2D eigenvalue weighted by molar-refractivity contribution is -0.274. The number of alkyl halides is 3. The number of hydrogen-bond acceptors (Lipinski definition) is 6. The number of nitrogens with one attached hydrogen (secondary N) is 1. The zero-order valence-electron chi connectivity index (χ0n) is 14.3. The van der Waals surface area contributed by atoms with Gasteiger partial charge >= 0.3 is 12.3 Å². The highest BCUT2D eigenvalue weighted by Crippen LogP contribution is 2.31. The molecule has 1 unspecified atom stereocenters. The number of ether oxygens (including phenoxy) is 3. The molecule has 7 nitrogen and oxygen atoms in total. The zero-order valence-corrected chi connectivity index (χ0v) is 14.3. The minimum atomic E-state index is -4.90. The molecule has 0 radical (unpaired) electrons. The fourth-order valence-corrected chi connectivity index (χ4v) is 1.97. The van der Waals surface area contributed by atoms with E-state index in [2.05, 4.69) is 10.1 Å². The Kier molecular flexibility index (Phi) is 8.33. The quantitative estimate of drug-likeness (QED) is 0.506. The maximum absolute atomic E-state index is 12.3. The molecule has 0 fully saturated rings. The van der Waals surface area contributed by atoms with Crippen molar-refractivity contribution in [2.45, 2.75) is 39.3 Å². The molecule has 0 saturated heterocycles. The number of carbonyl (C=O) groups excluding carboxylic acids is 2. The summed E-state index contributed by atoms with van der Waals surface area (Å²) in [5, 5.41) is 12.4. The van der Waals surface area contributed by atoms with Crippen molar-refractivity contribution in [2.75, 3.05) is 18.5 Å². The molecule has 1 aromatic carbocycles. The molecule has 0 aliphatic heterocycles. The van der Waals surface area contributed by atoms with Crippen LogP contribution in [0.2, 0.25) is 0 Å². The molecule has 1 amide bonds. The normalized spacial score (nSPS) is 12.4. The smallest absolute Gasteiger partial charge is 0.466 e. The van der Waals surface area contributed by atoms with E-state index >= 15 is 0 Å². The highest BCUT2D eigenvalue weighted by Gasteiger charge is 2.31. The Hall–Kier alpha value is -2.33. The first-order chi connectivity index (χ1) is 12.2. The molecule has 0 bridgehead atoms. The van der Waals surface area contributed by atoms with Gasteiger partial charge in [0.25, 0.3) is 0 Å². The van der Waals surface area contributed by atoms with E-state index in [0.717, 1.165) is 18.2 Å². The van der Waals surface area contributed by atoms with E-state index in [9.17, 15) is 27.9 Å². The number of esters is 1. The monoisotopic (exact) mass is 379 g/mol. The number of anilines is 1. The SMILES string of the molecule is CCOC(=O)CCC(=O)Nc1ccc(OC(F)(F)F)cc1C(O)OCC. The Morgan fingerprint density at radius 1 is 1.19 bits per heavy atom. The van der Waals surface area contributed by atoms with Gasteiger partial charge < -0.3 is 24.6 Å². The van der Waals surface area contributed by atoms with E-state index < -0.39 is 30.3 Å². The molecular formula is C16H20F3NO6. The predicted molar refractivity (Wildman–Crippen MR) is 84.2 cm³/mol. The number of hydrogen-bond donors (Lipinski definition) is 2. The standard InChI is InChI=1S/C16H20F3NO6/c1-3-24-14(22)8-7-13(21)20-12-6-5-10(26-16(17,18)19)9-11(12)15(23)25-4-2/h5-6,9,15,23H,3-4,7-8H2,1-2H3,(H,20,21). The van der Waals surface area contributed by atoms with E-state index in [1.165, 1.54) is 0 Å². The summed E-state index contributed by atoms with van der Waals surface area (Å²) in [6.07, 6.45) is -6.82. The van der Waals surface area contributed by atoms with Crippen LogP contribution in [-0.2, 0) is 19.1 Å². The molecule has 0 aliphatic carbocycles. The Morgan fingerprint density at radius 3 is 2.46 bits per heavy atom. The van der Waals surface area contributed by atoms with Crippen molar-refractivity contribution in [2.24, 2.45) is 0 Å². The van der Waals surface area contributed by atoms with Gasteiger partial charge in [0.2, 0.25) is 5.91 Å². The van der Waals surface area contributed by atoms with Crippen molar-refractivity contribution in [3.63, 3.8) is 0 Å². The van der Waals surface area contributed by atoms with Crippen molar-refractivity contribution in [1.82, 2.24) is 0 Å². The number of carbonyl (C=O) groups is 2. The van der Waals surface area contributed by atoms with Gasteiger partial charge in [-0.25, -0.2) is 0 Å². The van der Waals surface area contributed by atoms with Crippen molar-refractivity contribution in [1.29, 1.82) is 0 Å². The minimum Gasteiger partial charge on any atom is -0.466 e. The number of rotatable bonds is 9. The Balaban J connectivity index is 2.91. The third kappa shape index (κ3) is 7.70. The summed E-state index contributed by atoms with van der Waals surface area (Å²) in [7, 11) is 0. The second kappa shape index (κ2) is 9.97. The van der Waals surface area contributed by atoms with E-state index in [1.807, 2.05) is 0 Å². The first-order valence-electron chi connectivity index (χ1n) is 7.81. The summed E-state index contributed by atoms with van der Waals surface area (Å²) in [5.74, 6) is -1.70. The van der Waals surface area contributed by atoms with Gasteiger partial charge in [0.15, 0.2) is 6.29 Å². The van der Waals surface area contributed by atoms with E-state index in [-0.39, 0.29) is 37.3 Å². The lowest BCUT2D eigenvalue weighted by Crippen LogP contribution is -2.19. The first-order valence-corrected chi connectivity index (χ1v) is 7.81. The summed E-state index contributed by atoms with van der Waals surface area (Å²) in [6.45, 7) is 3.48. The summed E-state index contributed by atoms with van der Waals surface area (Å²) < 4.78 is 50.5. The molecular weight excluding hydrogens is 359 g/mol. The maximum atomic E-state index is 12.3. The average Bonchev–Trinajstić information content (AvgIpc) is 2.53. The van der Waals surface area contributed by atoms with Crippen LogP contribution < -0.4 is 10.1 Å². The van der Waals surface area contributed by atoms with Crippen LogP contribution in [-0.4, -0.2) is 36.6 Å². The second-order valence-corrected chi connectivity index (χ2v) is 4.96. The molecule has 2 N–H and O–H groups in total. The molecule has 1 aromatic rings. The van der Waals surface area contributed by atoms with Crippen LogP contribution in [0, 0.1) is 0 Å². The molecule has 0 heterocycles. The molecule has 1 rings (SSSR count). The molecule has 1 atom stereocenters. The molecule has 10 heteroatoms. The van der Waals surface area contributed by atoms with Crippen molar-refractivity contribution in [3.05, 3.63) is 23.8 Å². The predicted octanol–water partition coefficient (Wildman–Crippen LogP) is 2.89. The lowest BCUT2D eigenvalue weighted by Gasteiger charge is -2.18. The van der Waals surface area contributed by atoms with Crippen molar-refractivity contribution in [3.8, 4) is 5.75 Å². The lowest BCUT2D eigenvalue weighted by atomic mass is 10.1. The van der Waals surface area contributed by atoms with Crippen LogP contribution in [0.1, 0.15) is 38.5 Å². The van der Waals surface area contributed by atoms with Crippen LogP contribution in [0.5, 0.6) is 5.75 Å². The van der Waals surface area contributed by atoms with Gasteiger partial charge in [-0.05, 0) is 32.0 Å². The largest absolute Gasteiger partial charge is 0.573 e. The van der Waals surface area contributed by atoms with Gasteiger partial charge in [-0.15, -0.1) is 13.2 Å². The van der Waals surface area contributed by atoms with E-state index in [1.54, 1.807) is 13.8 Å². The highest BCUT2D eigenvalue weighted by molar-refractivity contribution is 5.93. The van der Waals surface area contributed by atoms with Gasteiger partial charge in [0, 0.05) is 24.3 Å². The molecule has 0 aliphatic rings. The molecule has 26 heavy (non-hydrogen) atoms. The number of halogens is 3. The first kappa shape index (κ1) is 21.7. The Bertz CT molecular complexity index is 620. The summed E-state index contributed by atoms with van der Waals surface area (Å²) in [4.78, 5) is 23.2. The van der Waals surface area contributed by atoms with E-state index in [4.69, 9.17) is 9.47 Å². The number of aliphatic hydroxyl groups excluding tert-OH is 1. The zero-order chi connectivity index (χ0) is 19.7. The van der Waals surface area contributed by atoms with Crippen LogP contribution in [0.15, 0.2) is 18.2 Å². The summed E-state index contributed by atoms with van der Waals surface area (Å²) >= 11 is 0. The Morgan fingerprint density at radius 2 is 1.88 bits per heavy atom. The van der Waals surface area contributed by atoms with Crippen LogP contribution >= 0.6 is 0 Å². The van der Waals surface area contributed by atoms with Gasteiger partial charge in [0.1, 0.15) is 5.75 Å². The molecule has 0 saturated carbocycles. The molecule has 0 spiro atoms. The second-order valence-electron chi connectivity index (χ2n) is 4.96. The molecule has 146 valence electrons. The maximum Gasteiger partial charge on any atom is 0.573 e. The Labute approximate surface area is 148 Å². The van der Waals surface area contributed by atoms with Gasteiger partial charge in [-0.3, -0.25) is 9.59 Å². The average molecular weight is 379 g/mol. The third-order valence-electron chi connectivity index (χ3n) is 2.98. The summed E-state index contributed by atoms with van der Waals surface area (Å²) in [5.41, 5.74) is -0.0765. The van der Waals surface area contributed by atoms with Crippen molar-refractivity contribution < 1.29 is 42.1 Å². The van der Waals surface area contributed by atoms with Gasteiger partial charge in [-0.2, -0.15) is 0 Å². The van der Waals surface area contributed by atoms with Gasteiger partial charge in [-0.1, -0.05) is 0 Å². The fraction of sp³-hybridized carbons (Fsp3) is 0.500. The topological polar surface area (TPSA) is 94.1 Å². The highest BCUT2D eigenvalue weighted by atomic mass is 19.4. The number of amides is 1. The third-order valence-corrected chi connectivity index (χ3v) is 2.98. The number of benzene rings is 1. The minimum absolute atomic E-state index is 0.0364.